The second-order valence-electron chi connectivity index (χ2n) is 5.57. The highest BCUT2D eigenvalue weighted by Gasteiger charge is 2.53. The lowest BCUT2D eigenvalue weighted by Crippen LogP contribution is -2.38. The minimum absolute atomic E-state index is 0.267. The van der Waals surface area contributed by atoms with Crippen LogP contribution in [-0.2, 0) is 9.53 Å². The number of carbonyl (C=O) groups excluding carboxylic acids is 1. The minimum Gasteiger partial charge on any atom is -0.378 e. The van der Waals surface area contributed by atoms with Crippen LogP contribution < -0.4 is 0 Å². The van der Waals surface area contributed by atoms with Crippen LogP contribution >= 0.6 is 0 Å². The van der Waals surface area contributed by atoms with Gasteiger partial charge < -0.3 is 9.64 Å². The molecule has 0 aromatic carbocycles. The topological polar surface area (TPSA) is 29.5 Å². The molecule has 0 spiro atoms. The van der Waals surface area contributed by atoms with Gasteiger partial charge >= 0.3 is 0 Å². The number of allylic oxidation sites excluding steroid dienone is 4. The highest BCUT2D eigenvalue weighted by atomic mass is 16.5. The van der Waals surface area contributed by atoms with Gasteiger partial charge in [-0.25, -0.2) is 0 Å². The summed E-state index contributed by atoms with van der Waals surface area (Å²) in [6, 6.07) is 0. The summed E-state index contributed by atoms with van der Waals surface area (Å²) in [4.78, 5) is 14.5. The van der Waals surface area contributed by atoms with Gasteiger partial charge in [0.2, 0.25) is 0 Å². The average molecular weight is 231 g/mol. The van der Waals surface area contributed by atoms with Gasteiger partial charge in [0.1, 0.15) is 0 Å². The summed E-state index contributed by atoms with van der Waals surface area (Å²) in [5, 5.41) is 0. The normalized spacial score (nSPS) is 43.2. The fourth-order valence-corrected chi connectivity index (χ4v) is 4.08. The Bertz CT molecular complexity index is 420. The van der Waals surface area contributed by atoms with E-state index >= 15 is 0 Å². The van der Waals surface area contributed by atoms with Crippen molar-refractivity contribution < 1.29 is 9.53 Å². The van der Waals surface area contributed by atoms with Gasteiger partial charge in [-0.05, 0) is 18.3 Å². The van der Waals surface area contributed by atoms with Gasteiger partial charge in [-0.1, -0.05) is 12.2 Å². The summed E-state index contributed by atoms with van der Waals surface area (Å²) in [6.07, 6.45) is 7.72. The third kappa shape index (κ3) is 1.29. The molecule has 3 heteroatoms. The van der Waals surface area contributed by atoms with Crippen LogP contribution in [-0.4, -0.2) is 37.0 Å². The molecule has 3 aliphatic carbocycles. The van der Waals surface area contributed by atoms with Crippen LogP contribution in [0, 0.1) is 23.7 Å². The summed E-state index contributed by atoms with van der Waals surface area (Å²) in [5.41, 5.74) is 1.31. The Labute approximate surface area is 101 Å². The van der Waals surface area contributed by atoms with E-state index in [1.165, 1.54) is 12.1 Å². The molecule has 4 atom stereocenters. The van der Waals surface area contributed by atoms with E-state index in [2.05, 4.69) is 17.1 Å². The van der Waals surface area contributed by atoms with Crippen LogP contribution in [0.4, 0.5) is 0 Å². The lowest BCUT2D eigenvalue weighted by molar-refractivity contribution is -0.118. The van der Waals surface area contributed by atoms with Gasteiger partial charge in [-0.2, -0.15) is 0 Å². The molecular weight excluding hydrogens is 214 g/mol. The summed E-state index contributed by atoms with van der Waals surface area (Å²) in [5.74, 6) is 2.25. The molecule has 0 amide bonds. The maximum Gasteiger partial charge on any atom is 0.161 e. The zero-order valence-corrected chi connectivity index (χ0v) is 9.84. The first kappa shape index (κ1) is 9.89. The van der Waals surface area contributed by atoms with Crippen molar-refractivity contribution in [3.05, 3.63) is 23.9 Å². The summed E-state index contributed by atoms with van der Waals surface area (Å²) < 4.78 is 5.39. The van der Waals surface area contributed by atoms with Gasteiger partial charge in [-0.15, -0.1) is 0 Å². The fraction of sp³-hybridized carbons (Fsp3) is 0.643. The lowest BCUT2D eigenvalue weighted by atomic mass is 9.83. The zero-order chi connectivity index (χ0) is 11.4. The van der Waals surface area contributed by atoms with Gasteiger partial charge in [-0.3, -0.25) is 4.79 Å². The van der Waals surface area contributed by atoms with Crippen LogP contribution in [0.25, 0.3) is 0 Å². The van der Waals surface area contributed by atoms with Crippen LogP contribution in [0.2, 0.25) is 0 Å². The lowest BCUT2D eigenvalue weighted by Gasteiger charge is -2.34. The first-order chi connectivity index (χ1) is 8.34. The Balaban J connectivity index is 1.65. The Morgan fingerprint density at radius 2 is 1.82 bits per heavy atom. The van der Waals surface area contributed by atoms with Gasteiger partial charge in [0.05, 0.1) is 13.2 Å². The van der Waals surface area contributed by atoms with Gasteiger partial charge in [0.25, 0.3) is 0 Å². The molecule has 90 valence electrons. The monoisotopic (exact) mass is 231 g/mol. The van der Waals surface area contributed by atoms with E-state index in [0.717, 1.165) is 26.3 Å². The highest BCUT2D eigenvalue weighted by molar-refractivity contribution is 5.96. The zero-order valence-electron chi connectivity index (χ0n) is 9.84. The average Bonchev–Trinajstić information content (AvgIpc) is 3.03. The second-order valence-corrected chi connectivity index (χ2v) is 5.57. The van der Waals surface area contributed by atoms with Crippen molar-refractivity contribution in [3.8, 4) is 0 Å². The minimum atomic E-state index is 0.267. The van der Waals surface area contributed by atoms with Gasteiger partial charge in [0, 0.05) is 36.7 Å². The van der Waals surface area contributed by atoms with Gasteiger partial charge in [0.15, 0.2) is 5.78 Å². The molecule has 2 bridgehead atoms. The standard InChI is InChI=1S/C14H17NO2/c16-12-8-11(15-3-5-17-6-4-15)13-9-1-2-10(7-9)14(12)13/h1-2,8-10,13-14H,3-7H2/t9-,10+,13+,14-/m0/s1. The number of hydrogen-bond acceptors (Lipinski definition) is 3. The number of morpholine rings is 1. The maximum atomic E-state index is 12.1. The summed E-state index contributed by atoms with van der Waals surface area (Å²) in [7, 11) is 0. The van der Waals surface area contributed by atoms with Crippen molar-refractivity contribution in [3.63, 3.8) is 0 Å². The molecule has 3 nitrogen and oxygen atoms in total. The predicted octanol–water partition coefficient (Wildman–Crippen LogP) is 1.22. The van der Waals surface area contributed by atoms with E-state index in [1.807, 2.05) is 6.08 Å². The molecule has 1 aliphatic heterocycles. The Hall–Kier alpha value is -1.09. The fourth-order valence-electron chi connectivity index (χ4n) is 4.08. The largest absolute Gasteiger partial charge is 0.378 e. The van der Waals surface area contributed by atoms with E-state index in [9.17, 15) is 4.79 Å². The number of ketones is 1. The number of hydrogen-bond donors (Lipinski definition) is 0. The van der Waals surface area contributed by atoms with Crippen molar-refractivity contribution >= 4 is 5.78 Å². The number of fused-ring (bicyclic) bond motifs is 5. The van der Waals surface area contributed by atoms with E-state index in [4.69, 9.17) is 4.74 Å². The number of ether oxygens (including phenoxy) is 1. The summed E-state index contributed by atoms with van der Waals surface area (Å²) in [6.45, 7) is 3.49. The van der Waals surface area contributed by atoms with Crippen LogP contribution in [0.3, 0.4) is 0 Å². The van der Waals surface area contributed by atoms with E-state index in [-0.39, 0.29) is 5.92 Å². The summed E-state index contributed by atoms with van der Waals surface area (Å²) >= 11 is 0. The van der Waals surface area contributed by atoms with Crippen LogP contribution in [0.15, 0.2) is 23.9 Å². The van der Waals surface area contributed by atoms with E-state index in [1.54, 1.807) is 0 Å². The molecule has 1 saturated carbocycles. The second kappa shape index (κ2) is 3.45. The predicted molar refractivity (Wildman–Crippen MR) is 63.2 cm³/mol. The van der Waals surface area contributed by atoms with Crippen molar-refractivity contribution in [2.75, 3.05) is 26.3 Å². The Kier molecular flexibility index (Phi) is 2.01. The molecule has 4 aliphatic rings. The number of rotatable bonds is 1. The third-order valence-corrected chi connectivity index (χ3v) is 4.80. The molecule has 1 heterocycles. The Morgan fingerprint density at radius 3 is 2.59 bits per heavy atom. The smallest absolute Gasteiger partial charge is 0.161 e. The highest BCUT2D eigenvalue weighted by Crippen LogP contribution is 2.54. The van der Waals surface area contributed by atoms with Crippen molar-refractivity contribution in [1.29, 1.82) is 0 Å². The Morgan fingerprint density at radius 1 is 1.12 bits per heavy atom. The van der Waals surface area contributed by atoms with E-state index in [0.29, 0.717) is 23.5 Å². The van der Waals surface area contributed by atoms with Crippen LogP contribution in [0.1, 0.15) is 6.42 Å². The first-order valence-corrected chi connectivity index (χ1v) is 6.61. The van der Waals surface area contributed by atoms with Crippen molar-refractivity contribution in [2.45, 2.75) is 6.42 Å². The SMILES string of the molecule is O=C1C=C(N2CCOCC2)[C@@H]2[C@H]1[C@@H]1C=C[C@H]2C1. The van der Waals surface area contributed by atoms with Crippen molar-refractivity contribution in [1.82, 2.24) is 4.90 Å². The molecule has 0 N–H and O–H groups in total. The maximum absolute atomic E-state index is 12.1. The third-order valence-electron chi connectivity index (χ3n) is 4.80. The molecular formula is C14H17NO2. The first-order valence-electron chi connectivity index (χ1n) is 6.61. The molecule has 0 aromatic heterocycles. The molecule has 4 rings (SSSR count). The van der Waals surface area contributed by atoms with Crippen LogP contribution in [0.5, 0.6) is 0 Å². The molecule has 2 fully saturated rings. The molecule has 17 heavy (non-hydrogen) atoms. The molecule has 0 radical (unpaired) electrons. The molecule has 0 unspecified atom stereocenters. The molecule has 1 saturated heterocycles. The number of carbonyl (C=O) groups is 1. The van der Waals surface area contributed by atoms with Crippen molar-refractivity contribution in [2.24, 2.45) is 23.7 Å². The number of nitrogens with zero attached hydrogens (tertiary/aromatic N) is 1. The van der Waals surface area contributed by atoms with E-state index < -0.39 is 0 Å². The quantitative estimate of drug-likeness (QED) is 0.636. The molecule has 0 aromatic rings.